The summed E-state index contributed by atoms with van der Waals surface area (Å²) in [6, 6.07) is 15.1. The molecule has 2 rings (SSSR count). The monoisotopic (exact) mass is 295 g/mol. The lowest BCUT2D eigenvalue weighted by Gasteiger charge is -2.01. The van der Waals surface area contributed by atoms with Gasteiger partial charge in [0.15, 0.2) is 0 Å². The van der Waals surface area contributed by atoms with E-state index in [0.717, 1.165) is 16.8 Å². The highest BCUT2D eigenvalue weighted by Crippen LogP contribution is 2.14. The number of aryl methyl sites for hydroxylation is 2. The first kappa shape index (κ1) is 15.4. The van der Waals surface area contributed by atoms with Crippen molar-refractivity contribution in [3.8, 4) is 0 Å². The van der Waals surface area contributed by atoms with E-state index in [1.165, 1.54) is 12.4 Å². The maximum Gasteiger partial charge on any atom is 0.303 e. The van der Waals surface area contributed by atoms with E-state index in [4.69, 9.17) is 0 Å². The van der Waals surface area contributed by atoms with E-state index in [-0.39, 0.29) is 5.70 Å². The first-order valence-electron chi connectivity index (χ1n) is 6.83. The van der Waals surface area contributed by atoms with Gasteiger partial charge in [-0.2, -0.15) is 0 Å². The molecule has 5 heteroatoms. The van der Waals surface area contributed by atoms with E-state index in [9.17, 15) is 10.1 Å². The Morgan fingerprint density at radius 2 is 1.82 bits per heavy atom. The molecule has 0 aliphatic heterocycles. The second-order valence-electron chi connectivity index (χ2n) is 4.94. The van der Waals surface area contributed by atoms with Gasteiger partial charge in [0.05, 0.1) is 16.8 Å². The van der Waals surface area contributed by atoms with Crippen LogP contribution in [0.4, 0.5) is 11.4 Å². The van der Waals surface area contributed by atoms with Crippen LogP contribution in [0.3, 0.4) is 0 Å². The molecule has 0 aliphatic carbocycles. The molecule has 0 saturated carbocycles. The zero-order valence-electron chi connectivity index (χ0n) is 12.5. The van der Waals surface area contributed by atoms with Gasteiger partial charge in [-0.1, -0.05) is 24.3 Å². The van der Waals surface area contributed by atoms with Crippen molar-refractivity contribution in [2.75, 3.05) is 5.32 Å². The molecule has 0 aliphatic rings. The lowest BCUT2D eigenvalue weighted by Crippen LogP contribution is -2.03. The molecule has 22 heavy (non-hydrogen) atoms. The van der Waals surface area contributed by atoms with Gasteiger partial charge in [0.1, 0.15) is 6.21 Å². The molecule has 112 valence electrons. The fourth-order valence-electron chi connectivity index (χ4n) is 1.88. The van der Waals surface area contributed by atoms with Crippen LogP contribution in [0.2, 0.25) is 0 Å². The van der Waals surface area contributed by atoms with Gasteiger partial charge in [-0.05, 0) is 49.2 Å². The van der Waals surface area contributed by atoms with Crippen LogP contribution in [0.5, 0.6) is 0 Å². The molecule has 0 aromatic heterocycles. The quantitative estimate of drug-likeness (QED) is 0.509. The minimum Gasteiger partial charge on any atom is -0.356 e. The number of nitrogens with one attached hydrogen (secondary N) is 1. The maximum atomic E-state index is 11.1. The molecule has 0 spiro atoms. The normalized spacial score (nSPS) is 11.6. The number of aliphatic imine (C=N–C) groups is 1. The molecule has 0 bridgehead atoms. The SMILES string of the molecule is Cc1cccc(N=C/C(=C/Nc2cccc(C)c2)[N+](=O)[O-])c1. The van der Waals surface area contributed by atoms with Crippen molar-refractivity contribution in [1.82, 2.24) is 0 Å². The number of hydrogen-bond acceptors (Lipinski definition) is 4. The van der Waals surface area contributed by atoms with Gasteiger partial charge in [-0.15, -0.1) is 0 Å². The Morgan fingerprint density at radius 3 is 2.45 bits per heavy atom. The highest BCUT2D eigenvalue weighted by atomic mass is 16.6. The summed E-state index contributed by atoms with van der Waals surface area (Å²) < 4.78 is 0. The van der Waals surface area contributed by atoms with Crippen LogP contribution in [0.25, 0.3) is 0 Å². The molecule has 0 saturated heterocycles. The molecule has 0 fully saturated rings. The number of benzene rings is 2. The van der Waals surface area contributed by atoms with Gasteiger partial charge in [0, 0.05) is 5.69 Å². The van der Waals surface area contributed by atoms with Crippen molar-refractivity contribution in [1.29, 1.82) is 0 Å². The highest BCUT2D eigenvalue weighted by Gasteiger charge is 2.06. The largest absolute Gasteiger partial charge is 0.356 e. The van der Waals surface area contributed by atoms with Crippen LogP contribution in [0.15, 0.2) is 65.4 Å². The van der Waals surface area contributed by atoms with Gasteiger partial charge < -0.3 is 5.32 Å². The Labute approximate surface area is 129 Å². The number of nitrogens with zero attached hydrogens (tertiary/aromatic N) is 2. The topological polar surface area (TPSA) is 67.5 Å². The lowest BCUT2D eigenvalue weighted by molar-refractivity contribution is -0.414. The van der Waals surface area contributed by atoms with Crippen LogP contribution < -0.4 is 5.32 Å². The van der Waals surface area contributed by atoms with Crippen molar-refractivity contribution in [2.45, 2.75) is 13.8 Å². The summed E-state index contributed by atoms with van der Waals surface area (Å²) in [5.41, 5.74) is 3.50. The Bertz CT molecular complexity index is 736. The molecule has 0 amide bonds. The van der Waals surface area contributed by atoms with Gasteiger partial charge in [-0.3, -0.25) is 10.1 Å². The predicted molar refractivity (Wildman–Crippen MR) is 89.2 cm³/mol. The fourth-order valence-corrected chi connectivity index (χ4v) is 1.88. The molecular weight excluding hydrogens is 278 g/mol. The smallest absolute Gasteiger partial charge is 0.303 e. The molecule has 1 N–H and O–H groups in total. The molecule has 2 aromatic rings. The third-order valence-electron chi connectivity index (χ3n) is 2.96. The van der Waals surface area contributed by atoms with E-state index in [0.29, 0.717) is 5.69 Å². The van der Waals surface area contributed by atoms with Crippen molar-refractivity contribution in [2.24, 2.45) is 4.99 Å². The Balaban J connectivity index is 2.16. The van der Waals surface area contributed by atoms with Crippen molar-refractivity contribution in [3.05, 3.63) is 81.7 Å². The molecule has 5 nitrogen and oxygen atoms in total. The zero-order chi connectivity index (χ0) is 15.9. The van der Waals surface area contributed by atoms with Gasteiger partial charge >= 0.3 is 5.70 Å². The maximum absolute atomic E-state index is 11.1. The number of hydrogen-bond donors (Lipinski definition) is 1. The molecule has 0 heterocycles. The second-order valence-corrected chi connectivity index (χ2v) is 4.94. The summed E-state index contributed by atoms with van der Waals surface area (Å²) in [7, 11) is 0. The summed E-state index contributed by atoms with van der Waals surface area (Å²) in [5.74, 6) is 0. The van der Waals surface area contributed by atoms with Crippen molar-refractivity contribution < 1.29 is 4.92 Å². The Kier molecular flexibility index (Phi) is 5.03. The summed E-state index contributed by atoms with van der Waals surface area (Å²) in [6.07, 6.45) is 2.59. The molecule has 2 aromatic carbocycles. The minimum atomic E-state index is -0.470. The second kappa shape index (κ2) is 7.17. The van der Waals surface area contributed by atoms with Gasteiger partial charge in [0.2, 0.25) is 0 Å². The van der Waals surface area contributed by atoms with Crippen LogP contribution in [0, 0.1) is 24.0 Å². The van der Waals surface area contributed by atoms with Crippen LogP contribution in [-0.2, 0) is 0 Å². The summed E-state index contributed by atoms with van der Waals surface area (Å²) in [4.78, 5) is 14.8. The Hall–Kier alpha value is -2.95. The van der Waals surface area contributed by atoms with E-state index >= 15 is 0 Å². The van der Waals surface area contributed by atoms with E-state index in [1.807, 2.05) is 56.3 Å². The first-order valence-corrected chi connectivity index (χ1v) is 6.83. The lowest BCUT2D eigenvalue weighted by atomic mass is 10.2. The third kappa shape index (κ3) is 4.56. The van der Waals surface area contributed by atoms with E-state index < -0.39 is 4.92 Å². The van der Waals surface area contributed by atoms with Crippen molar-refractivity contribution >= 4 is 17.6 Å². The number of allylic oxidation sites excluding steroid dienone is 1. The van der Waals surface area contributed by atoms with E-state index in [1.54, 1.807) is 6.07 Å². The molecule has 0 radical (unpaired) electrons. The van der Waals surface area contributed by atoms with Gasteiger partial charge in [0.25, 0.3) is 0 Å². The summed E-state index contributed by atoms with van der Waals surface area (Å²) >= 11 is 0. The predicted octanol–water partition coefficient (Wildman–Crippen LogP) is 4.24. The highest BCUT2D eigenvalue weighted by molar-refractivity contribution is 5.78. The zero-order valence-corrected chi connectivity index (χ0v) is 12.5. The third-order valence-corrected chi connectivity index (χ3v) is 2.96. The first-order chi connectivity index (χ1) is 10.5. The average molecular weight is 295 g/mol. The summed E-state index contributed by atoms with van der Waals surface area (Å²) in [6.45, 7) is 3.91. The van der Waals surface area contributed by atoms with Gasteiger partial charge in [-0.25, -0.2) is 4.99 Å². The molecule has 0 unspecified atom stereocenters. The van der Waals surface area contributed by atoms with Crippen LogP contribution in [0.1, 0.15) is 11.1 Å². The number of anilines is 1. The van der Waals surface area contributed by atoms with Crippen molar-refractivity contribution in [3.63, 3.8) is 0 Å². The molecular formula is C17H17N3O2. The van der Waals surface area contributed by atoms with Crippen LogP contribution in [-0.4, -0.2) is 11.1 Å². The number of rotatable bonds is 5. The van der Waals surface area contributed by atoms with E-state index in [2.05, 4.69) is 10.3 Å². The number of nitro groups is 1. The fraction of sp³-hybridized carbons (Fsp3) is 0.118. The Morgan fingerprint density at radius 1 is 1.14 bits per heavy atom. The average Bonchev–Trinajstić information content (AvgIpc) is 2.47. The summed E-state index contributed by atoms with van der Waals surface area (Å²) in [5, 5.41) is 14.0. The van der Waals surface area contributed by atoms with Crippen LogP contribution >= 0.6 is 0 Å². The standard InChI is InChI=1S/C17H17N3O2/c1-13-5-3-7-15(9-13)18-11-17(20(21)22)12-19-16-8-4-6-14(2)10-16/h3-12,18H,1-2H3/b17-11-,19-12?. The minimum absolute atomic E-state index is 0.108. The molecule has 0 atom stereocenters.